The summed E-state index contributed by atoms with van der Waals surface area (Å²) < 4.78 is 5.06. The van der Waals surface area contributed by atoms with Crippen molar-refractivity contribution in [2.75, 3.05) is 26.0 Å². The minimum absolute atomic E-state index is 0.169. The summed E-state index contributed by atoms with van der Waals surface area (Å²) in [6.45, 7) is 1.33. The molecule has 0 atom stereocenters. The summed E-state index contributed by atoms with van der Waals surface area (Å²) in [5.74, 6) is -0.169. The first-order valence-corrected chi connectivity index (χ1v) is 6.60. The van der Waals surface area contributed by atoms with Crippen LogP contribution in [0.5, 0.6) is 0 Å². The van der Waals surface area contributed by atoms with E-state index >= 15 is 0 Å². The van der Waals surface area contributed by atoms with Gasteiger partial charge in [-0.2, -0.15) is 0 Å². The van der Waals surface area contributed by atoms with Crippen molar-refractivity contribution >= 4 is 11.6 Å². The number of nitrogen functional groups attached to an aromatic ring is 1. The molecule has 0 aromatic carbocycles. The van der Waals surface area contributed by atoms with E-state index in [0.29, 0.717) is 31.1 Å². The largest absolute Gasteiger partial charge is 0.397 e. The molecule has 0 spiro atoms. The number of carbonyl (C=O) groups is 1. The Bertz CT molecular complexity index is 572. The Kier molecular flexibility index (Phi) is 5.22. The molecule has 0 bridgehead atoms. The van der Waals surface area contributed by atoms with Gasteiger partial charge in [0, 0.05) is 19.9 Å². The molecular weight excluding hydrogens is 268 g/mol. The minimum atomic E-state index is -0.169. The molecule has 0 aliphatic rings. The van der Waals surface area contributed by atoms with Crippen molar-refractivity contribution in [3.8, 4) is 0 Å². The van der Waals surface area contributed by atoms with Gasteiger partial charge < -0.3 is 15.4 Å². The van der Waals surface area contributed by atoms with Gasteiger partial charge in [0.05, 0.1) is 30.7 Å². The number of amides is 1. The molecule has 0 aliphatic heterocycles. The summed E-state index contributed by atoms with van der Waals surface area (Å²) in [5, 5.41) is 0. The van der Waals surface area contributed by atoms with Crippen LogP contribution in [0, 0.1) is 0 Å². The van der Waals surface area contributed by atoms with Gasteiger partial charge in [-0.15, -0.1) is 0 Å². The van der Waals surface area contributed by atoms with Gasteiger partial charge in [0.2, 0.25) is 0 Å². The molecule has 2 N–H and O–H groups in total. The first-order chi connectivity index (χ1) is 10.2. The third kappa shape index (κ3) is 4.25. The Morgan fingerprint density at radius 1 is 1.29 bits per heavy atom. The molecule has 6 nitrogen and oxygen atoms in total. The van der Waals surface area contributed by atoms with Gasteiger partial charge in [0.1, 0.15) is 5.69 Å². The Morgan fingerprint density at radius 2 is 2.14 bits per heavy atom. The normalized spacial score (nSPS) is 10.3. The van der Waals surface area contributed by atoms with Crippen molar-refractivity contribution < 1.29 is 9.53 Å². The summed E-state index contributed by atoms with van der Waals surface area (Å²) in [5.41, 5.74) is 7.29. The second kappa shape index (κ2) is 7.35. The fourth-order valence-corrected chi connectivity index (χ4v) is 1.83. The predicted octanol–water partition coefficient (Wildman–Crippen LogP) is 1.35. The summed E-state index contributed by atoms with van der Waals surface area (Å²) in [4.78, 5) is 22.5. The summed E-state index contributed by atoms with van der Waals surface area (Å²) in [6.07, 6.45) is 3.18. The fourth-order valence-electron chi connectivity index (χ4n) is 1.83. The zero-order chi connectivity index (χ0) is 15.1. The van der Waals surface area contributed by atoms with E-state index in [1.54, 1.807) is 30.3 Å². The molecule has 1 amide bonds. The van der Waals surface area contributed by atoms with Crippen molar-refractivity contribution in [3.05, 3.63) is 54.1 Å². The lowest BCUT2D eigenvalue weighted by Gasteiger charge is -2.21. The van der Waals surface area contributed by atoms with Crippen LogP contribution in [0.25, 0.3) is 0 Å². The summed E-state index contributed by atoms with van der Waals surface area (Å²) >= 11 is 0. The molecule has 2 aromatic rings. The quantitative estimate of drug-likeness (QED) is 0.866. The van der Waals surface area contributed by atoms with E-state index in [-0.39, 0.29) is 5.91 Å². The second-order valence-electron chi connectivity index (χ2n) is 4.52. The van der Waals surface area contributed by atoms with Gasteiger partial charge in [-0.3, -0.25) is 9.78 Å². The minimum Gasteiger partial charge on any atom is -0.397 e. The van der Waals surface area contributed by atoms with Crippen LogP contribution >= 0.6 is 0 Å². The highest BCUT2D eigenvalue weighted by Crippen LogP contribution is 2.08. The first kappa shape index (κ1) is 14.9. The lowest BCUT2D eigenvalue weighted by Crippen LogP contribution is -2.34. The Labute approximate surface area is 123 Å². The monoisotopic (exact) mass is 286 g/mol. The van der Waals surface area contributed by atoms with E-state index in [0.717, 1.165) is 5.69 Å². The van der Waals surface area contributed by atoms with Crippen LogP contribution in [0.3, 0.4) is 0 Å². The second-order valence-corrected chi connectivity index (χ2v) is 4.52. The highest BCUT2D eigenvalue weighted by Gasteiger charge is 2.17. The number of nitrogens with zero attached hydrogens (tertiary/aromatic N) is 3. The van der Waals surface area contributed by atoms with E-state index in [9.17, 15) is 4.79 Å². The molecule has 0 fully saturated rings. The van der Waals surface area contributed by atoms with E-state index in [1.165, 1.54) is 6.20 Å². The number of carbonyl (C=O) groups excluding carboxylic acids is 1. The molecule has 0 saturated carbocycles. The van der Waals surface area contributed by atoms with Crippen molar-refractivity contribution in [2.24, 2.45) is 0 Å². The van der Waals surface area contributed by atoms with Crippen LogP contribution in [-0.2, 0) is 11.3 Å². The van der Waals surface area contributed by atoms with Crippen molar-refractivity contribution in [1.82, 2.24) is 14.9 Å². The number of nitrogens with two attached hydrogens (primary N) is 1. The maximum atomic E-state index is 12.5. The predicted molar refractivity (Wildman–Crippen MR) is 79.5 cm³/mol. The first-order valence-electron chi connectivity index (χ1n) is 6.60. The van der Waals surface area contributed by atoms with Crippen LogP contribution in [0.1, 0.15) is 16.2 Å². The van der Waals surface area contributed by atoms with Crippen molar-refractivity contribution in [1.29, 1.82) is 0 Å². The molecular formula is C15H18N4O2. The van der Waals surface area contributed by atoms with Gasteiger partial charge in [0.15, 0.2) is 0 Å². The Morgan fingerprint density at radius 3 is 2.76 bits per heavy atom. The topological polar surface area (TPSA) is 81.3 Å². The van der Waals surface area contributed by atoms with Crippen LogP contribution in [0.15, 0.2) is 42.7 Å². The Hall–Kier alpha value is -2.47. The van der Waals surface area contributed by atoms with E-state index in [1.807, 2.05) is 18.2 Å². The standard InChI is InChI=1S/C15H18N4O2/c1-21-9-8-19(11-13-4-2-3-7-17-13)15(20)14-6-5-12(16)10-18-14/h2-7,10H,8-9,11,16H2,1H3. The van der Waals surface area contributed by atoms with Gasteiger partial charge in [-0.05, 0) is 24.3 Å². The van der Waals surface area contributed by atoms with E-state index in [4.69, 9.17) is 10.5 Å². The highest BCUT2D eigenvalue weighted by molar-refractivity contribution is 5.92. The number of hydrogen-bond acceptors (Lipinski definition) is 5. The smallest absolute Gasteiger partial charge is 0.272 e. The van der Waals surface area contributed by atoms with Crippen LogP contribution in [-0.4, -0.2) is 41.0 Å². The molecule has 0 unspecified atom stereocenters. The van der Waals surface area contributed by atoms with Crippen LogP contribution in [0.2, 0.25) is 0 Å². The molecule has 0 aliphatic carbocycles. The van der Waals surface area contributed by atoms with Gasteiger partial charge in [0.25, 0.3) is 5.91 Å². The number of hydrogen-bond donors (Lipinski definition) is 1. The van der Waals surface area contributed by atoms with E-state index in [2.05, 4.69) is 9.97 Å². The molecule has 2 aromatic heterocycles. The molecule has 0 radical (unpaired) electrons. The summed E-state index contributed by atoms with van der Waals surface area (Å²) in [6, 6.07) is 8.89. The molecule has 110 valence electrons. The number of aromatic nitrogens is 2. The number of ether oxygens (including phenoxy) is 1. The number of pyridine rings is 2. The third-order valence-electron chi connectivity index (χ3n) is 2.94. The van der Waals surface area contributed by atoms with Crippen molar-refractivity contribution in [3.63, 3.8) is 0 Å². The number of rotatable bonds is 6. The van der Waals surface area contributed by atoms with Crippen molar-refractivity contribution in [2.45, 2.75) is 6.54 Å². The molecule has 0 saturated heterocycles. The zero-order valence-corrected chi connectivity index (χ0v) is 11.9. The third-order valence-corrected chi connectivity index (χ3v) is 2.94. The zero-order valence-electron chi connectivity index (χ0n) is 11.9. The van der Waals surface area contributed by atoms with Gasteiger partial charge in [-0.1, -0.05) is 6.07 Å². The lowest BCUT2D eigenvalue weighted by atomic mass is 10.2. The van der Waals surface area contributed by atoms with Gasteiger partial charge in [-0.25, -0.2) is 4.98 Å². The molecule has 2 heterocycles. The van der Waals surface area contributed by atoms with Crippen LogP contribution < -0.4 is 5.73 Å². The van der Waals surface area contributed by atoms with E-state index < -0.39 is 0 Å². The molecule has 6 heteroatoms. The Balaban J connectivity index is 2.14. The SMILES string of the molecule is COCCN(Cc1ccccn1)C(=O)c1ccc(N)cn1. The lowest BCUT2D eigenvalue weighted by molar-refractivity contribution is 0.0672. The average molecular weight is 286 g/mol. The molecule has 21 heavy (non-hydrogen) atoms. The average Bonchev–Trinajstić information content (AvgIpc) is 2.52. The molecule has 2 rings (SSSR count). The highest BCUT2D eigenvalue weighted by atomic mass is 16.5. The van der Waals surface area contributed by atoms with Crippen LogP contribution in [0.4, 0.5) is 5.69 Å². The number of anilines is 1. The number of methoxy groups -OCH3 is 1. The maximum Gasteiger partial charge on any atom is 0.272 e. The van der Waals surface area contributed by atoms with Gasteiger partial charge >= 0.3 is 0 Å². The fraction of sp³-hybridized carbons (Fsp3) is 0.267. The maximum absolute atomic E-state index is 12.5. The summed E-state index contributed by atoms with van der Waals surface area (Å²) in [7, 11) is 1.60.